The molecule has 0 aromatic heterocycles. The summed E-state index contributed by atoms with van der Waals surface area (Å²) in [6.07, 6.45) is 3.74. The van der Waals surface area contributed by atoms with Crippen LogP contribution in [-0.2, 0) is 19.1 Å². The highest BCUT2D eigenvalue weighted by Crippen LogP contribution is 2.03. The van der Waals surface area contributed by atoms with Gasteiger partial charge in [0, 0.05) is 7.11 Å². The molecule has 0 fully saturated rings. The fourth-order valence-electron chi connectivity index (χ4n) is 1.67. The van der Waals surface area contributed by atoms with E-state index in [1.807, 2.05) is 36.4 Å². The third kappa shape index (κ3) is 7.56. The minimum absolute atomic E-state index is 0.185. The fourth-order valence-corrected chi connectivity index (χ4v) is 1.67. The molecule has 0 heterocycles. The van der Waals surface area contributed by atoms with Crippen LogP contribution in [0, 0.1) is 0 Å². The van der Waals surface area contributed by atoms with Crippen molar-refractivity contribution in [2.24, 2.45) is 0 Å². The van der Waals surface area contributed by atoms with Gasteiger partial charge in [0.2, 0.25) is 5.91 Å². The van der Waals surface area contributed by atoms with E-state index in [9.17, 15) is 9.59 Å². The Morgan fingerprint density at radius 3 is 2.64 bits per heavy atom. The quantitative estimate of drug-likeness (QED) is 0.637. The lowest BCUT2D eigenvalue weighted by molar-refractivity contribution is -0.142. The summed E-state index contributed by atoms with van der Waals surface area (Å²) in [6.45, 7) is 0.487. The van der Waals surface area contributed by atoms with Gasteiger partial charge in [-0.2, -0.15) is 0 Å². The van der Waals surface area contributed by atoms with Crippen molar-refractivity contribution in [2.75, 3.05) is 26.9 Å². The van der Waals surface area contributed by atoms with Crippen molar-refractivity contribution < 1.29 is 24.2 Å². The van der Waals surface area contributed by atoms with Gasteiger partial charge in [-0.1, -0.05) is 42.5 Å². The van der Waals surface area contributed by atoms with E-state index in [0.717, 1.165) is 5.56 Å². The lowest BCUT2D eigenvalue weighted by Crippen LogP contribution is -2.42. The number of carboxylic acids is 1. The normalized spacial score (nSPS) is 12.2. The average Bonchev–Trinajstić information content (AvgIpc) is 2.51. The van der Waals surface area contributed by atoms with E-state index < -0.39 is 17.9 Å². The van der Waals surface area contributed by atoms with Gasteiger partial charge in [-0.3, -0.25) is 4.79 Å². The first-order valence-electron chi connectivity index (χ1n) is 6.94. The molecule has 0 unspecified atom stereocenters. The summed E-state index contributed by atoms with van der Waals surface area (Å²) in [7, 11) is 1.53. The number of hydrogen-bond acceptors (Lipinski definition) is 4. The van der Waals surface area contributed by atoms with Crippen molar-refractivity contribution in [2.45, 2.75) is 12.5 Å². The smallest absolute Gasteiger partial charge is 0.326 e. The maximum absolute atomic E-state index is 11.6. The zero-order chi connectivity index (χ0) is 16.2. The predicted molar refractivity (Wildman–Crippen MR) is 82.4 cm³/mol. The lowest BCUT2D eigenvalue weighted by atomic mass is 10.1. The van der Waals surface area contributed by atoms with Crippen LogP contribution in [0.5, 0.6) is 0 Å². The number of benzene rings is 1. The van der Waals surface area contributed by atoms with Gasteiger partial charge in [-0.25, -0.2) is 4.79 Å². The van der Waals surface area contributed by atoms with Crippen molar-refractivity contribution in [3.63, 3.8) is 0 Å². The minimum atomic E-state index is -1.08. The van der Waals surface area contributed by atoms with Gasteiger partial charge in [0.05, 0.1) is 13.2 Å². The zero-order valence-electron chi connectivity index (χ0n) is 12.5. The van der Waals surface area contributed by atoms with Crippen LogP contribution >= 0.6 is 0 Å². The van der Waals surface area contributed by atoms with Crippen LogP contribution in [-0.4, -0.2) is 50.0 Å². The van der Waals surface area contributed by atoms with Gasteiger partial charge in [-0.05, 0) is 12.0 Å². The standard InChI is InChI=1S/C16H21NO5/c1-21-10-11-22-12-15(18)17-14(16(19)20)9-5-8-13-6-3-2-4-7-13/h2-8,14H,9-12H2,1H3,(H,17,18)(H,19,20)/b8-5+/t14-/m0/s1. The van der Waals surface area contributed by atoms with E-state index in [1.54, 1.807) is 6.08 Å². The third-order valence-corrected chi connectivity index (χ3v) is 2.78. The van der Waals surface area contributed by atoms with Gasteiger partial charge < -0.3 is 19.9 Å². The van der Waals surface area contributed by atoms with Crippen LogP contribution in [0.3, 0.4) is 0 Å². The molecule has 0 bridgehead atoms. The Bertz CT molecular complexity index is 487. The van der Waals surface area contributed by atoms with Crippen molar-refractivity contribution in [3.05, 3.63) is 42.0 Å². The molecule has 0 saturated heterocycles. The van der Waals surface area contributed by atoms with E-state index in [0.29, 0.717) is 6.61 Å². The molecule has 1 aromatic carbocycles. The largest absolute Gasteiger partial charge is 0.480 e. The second-order valence-electron chi connectivity index (χ2n) is 4.55. The van der Waals surface area contributed by atoms with E-state index in [4.69, 9.17) is 14.6 Å². The van der Waals surface area contributed by atoms with Crippen molar-refractivity contribution >= 4 is 18.0 Å². The van der Waals surface area contributed by atoms with Crippen LogP contribution in [0.15, 0.2) is 36.4 Å². The van der Waals surface area contributed by atoms with Crippen molar-refractivity contribution in [3.8, 4) is 0 Å². The number of methoxy groups -OCH3 is 1. The molecule has 0 aliphatic carbocycles. The maximum Gasteiger partial charge on any atom is 0.326 e. The number of carbonyl (C=O) groups excluding carboxylic acids is 1. The summed E-state index contributed by atoms with van der Waals surface area (Å²) >= 11 is 0. The van der Waals surface area contributed by atoms with Crippen molar-refractivity contribution in [1.82, 2.24) is 5.32 Å². The van der Waals surface area contributed by atoms with Crippen LogP contribution in [0.2, 0.25) is 0 Å². The first-order valence-corrected chi connectivity index (χ1v) is 6.94. The molecule has 6 nitrogen and oxygen atoms in total. The molecule has 2 N–H and O–H groups in total. The molecule has 120 valence electrons. The highest BCUT2D eigenvalue weighted by atomic mass is 16.5. The molecule has 1 atom stereocenters. The van der Waals surface area contributed by atoms with Gasteiger partial charge in [0.25, 0.3) is 0 Å². The topological polar surface area (TPSA) is 84.9 Å². The summed E-state index contributed by atoms with van der Waals surface area (Å²) in [4.78, 5) is 22.7. The third-order valence-electron chi connectivity index (χ3n) is 2.78. The molecule has 0 saturated carbocycles. The predicted octanol–water partition coefficient (Wildman–Crippen LogP) is 1.32. The Labute approximate surface area is 129 Å². The Morgan fingerprint density at radius 1 is 1.27 bits per heavy atom. The summed E-state index contributed by atoms with van der Waals surface area (Å²) in [5.41, 5.74) is 0.973. The van der Waals surface area contributed by atoms with Crippen LogP contribution in [0.25, 0.3) is 6.08 Å². The van der Waals surface area contributed by atoms with Gasteiger partial charge >= 0.3 is 5.97 Å². The Morgan fingerprint density at radius 2 is 2.00 bits per heavy atom. The monoisotopic (exact) mass is 307 g/mol. The first-order chi connectivity index (χ1) is 10.6. The summed E-state index contributed by atoms with van der Waals surface area (Å²) in [5.74, 6) is -1.54. The molecule has 0 spiro atoms. The molecule has 0 aliphatic rings. The number of carboxylic acid groups (broad SMARTS) is 1. The summed E-state index contributed by atoms with van der Waals surface area (Å²) in [5, 5.41) is 11.5. The van der Waals surface area contributed by atoms with Crippen LogP contribution in [0.4, 0.5) is 0 Å². The molecule has 0 aliphatic heterocycles. The van der Waals surface area contributed by atoms with E-state index in [-0.39, 0.29) is 19.6 Å². The van der Waals surface area contributed by atoms with Crippen LogP contribution in [0.1, 0.15) is 12.0 Å². The summed E-state index contributed by atoms with van der Waals surface area (Å²) < 4.78 is 9.82. The maximum atomic E-state index is 11.6. The van der Waals surface area contributed by atoms with Crippen molar-refractivity contribution in [1.29, 1.82) is 0 Å². The second kappa shape index (κ2) is 10.5. The molecule has 0 radical (unpaired) electrons. The number of hydrogen-bond donors (Lipinski definition) is 2. The Balaban J connectivity index is 2.40. The molecular weight excluding hydrogens is 286 g/mol. The second-order valence-corrected chi connectivity index (χ2v) is 4.55. The highest BCUT2D eigenvalue weighted by molar-refractivity contribution is 5.84. The Kier molecular flexibility index (Phi) is 8.56. The highest BCUT2D eigenvalue weighted by Gasteiger charge is 2.18. The molecule has 1 aromatic rings. The number of carbonyl (C=O) groups is 2. The number of rotatable bonds is 10. The van der Waals surface area contributed by atoms with Gasteiger partial charge in [-0.15, -0.1) is 0 Å². The number of amides is 1. The fraction of sp³-hybridized carbons (Fsp3) is 0.375. The molecule has 1 rings (SSSR count). The number of ether oxygens (including phenoxy) is 2. The number of aliphatic carboxylic acids is 1. The average molecular weight is 307 g/mol. The molecule has 6 heteroatoms. The van der Waals surface area contributed by atoms with Gasteiger partial charge in [0.15, 0.2) is 0 Å². The Hall–Kier alpha value is -2.18. The summed E-state index contributed by atoms with van der Waals surface area (Å²) in [6, 6.07) is 8.55. The van der Waals surface area contributed by atoms with Crippen LogP contribution < -0.4 is 5.32 Å². The molecule has 22 heavy (non-hydrogen) atoms. The zero-order valence-corrected chi connectivity index (χ0v) is 12.5. The van der Waals surface area contributed by atoms with E-state index in [2.05, 4.69) is 5.32 Å². The van der Waals surface area contributed by atoms with E-state index >= 15 is 0 Å². The molecular formula is C16H21NO5. The number of nitrogens with one attached hydrogen (secondary N) is 1. The SMILES string of the molecule is COCCOCC(=O)N[C@@H](C/C=C/c1ccccc1)C(=O)O. The minimum Gasteiger partial charge on any atom is -0.480 e. The van der Waals surface area contributed by atoms with Gasteiger partial charge in [0.1, 0.15) is 12.6 Å². The van der Waals surface area contributed by atoms with E-state index in [1.165, 1.54) is 7.11 Å². The lowest BCUT2D eigenvalue weighted by Gasteiger charge is -2.12. The first kappa shape index (κ1) is 17.9. The molecule has 1 amide bonds.